The highest BCUT2D eigenvalue weighted by Crippen LogP contribution is 2.32. The van der Waals surface area contributed by atoms with Gasteiger partial charge in [-0.2, -0.15) is 0 Å². The van der Waals surface area contributed by atoms with E-state index in [0.29, 0.717) is 34.7 Å². The molecule has 2 N–H and O–H groups in total. The summed E-state index contributed by atoms with van der Waals surface area (Å²) < 4.78 is 11.1. The third kappa shape index (κ3) is 4.22. The number of rotatable bonds is 6. The van der Waals surface area contributed by atoms with Gasteiger partial charge in [0.1, 0.15) is 5.75 Å². The molecule has 5 heteroatoms. The highest BCUT2D eigenvalue weighted by molar-refractivity contribution is 6.37. The summed E-state index contributed by atoms with van der Waals surface area (Å²) in [6.07, 6.45) is 0.719. The van der Waals surface area contributed by atoms with Gasteiger partial charge >= 0.3 is 0 Å². The summed E-state index contributed by atoms with van der Waals surface area (Å²) >= 11 is 12.0. The second-order valence-electron chi connectivity index (χ2n) is 4.17. The molecule has 0 aliphatic carbocycles. The van der Waals surface area contributed by atoms with Crippen LogP contribution in [0.3, 0.4) is 0 Å². The van der Waals surface area contributed by atoms with E-state index in [-0.39, 0.29) is 0 Å². The summed E-state index contributed by atoms with van der Waals surface area (Å²) in [6, 6.07) is 12.6. The second kappa shape index (κ2) is 7.27. The number of nitrogen functional groups attached to an aromatic ring is 1. The quantitative estimate of drug-likeness (QED) is 0.634. The van der Waals surface area contributed by atoms with Crippen LogP contribution in [0.4, 0.5) is 5.69 Å². The molecule has 0 amide bonds. The molecule has 106 valence electrons. The minimum absolute atomic E-state index is 0.478. The van der Waals surface area contributed by atoms with Crippen LogP contribution in [0.1, 0.15) is 6.42 Å². The molecule has 2 rings (SSSR count). The van der Waals surface area contributed by atoms with Gasteiger partial charge in [-0.05, 0) is 24.3 Å². The molecule has 0 radical (unpaired) electrons. The largest absolute Gasteiger partial charge is 0.493 e. The van der Waals surface area contributed by atoms with Crippen LogP contribution in [0, 0.1) is 0 Å². The maximum atomic E-state index is 6.00. The van der Waals surface area contributed by atoms with E-state index >= 15 is 0 Å². The Labute approximate surface area is 128 Å². The molecule has 0 fully saturated rings. The molecule has 3 nitrogen and oxygen atoms in total. The Balaban J connectivity index is 1.74. The van der Waals surface area contributed by atoms with Gasteiger partial charge in [0.2, 0.25) is 0 Å². The van der Waals surface area contributed by atoms with Crippen LogP contribution < -0.4 is 15.2 Å². The SMILES string of the molecule is Nc1cccc(OCCCOc2c(Cl)cccc2Cl)c1. The van der Waals surface area contributed by atoms with Crippen LogP contribution in [-0.2, 0) is 0 Å². The van der Waals surface area contributed by atoms with Crippen LogP contribution in [0.25, 0.3) is 0 Å². The standard InChI is InChI=1S/C15H15Cl2NO2/c16-13-6-2-7-14(17)15(13)20-9-3-8-19-12-5-1-4-11(18)10-12/h1-2,4-7,10H,3,8-9,18H2. The first-order chi connectivity index (χ1) is 9.66. The van der Waals surface area contributed by atoms with Crippen LogP contribution in [0.15, 0.2) is 42.5 Å². The predicted molar refractivity (Wildman–Crippen MR) is 82.9 cm³/mol. The van der Waals surface area contributed by atoms with Crippen molar-refractivity contribution in [2.75, 3.05) is 18.9 Å². The number of ether oxygens (including phenoxy) is 2. The Bertz CT molecular complexity index is 555. The van der Waals surface area contributed by atoms with E-state index in [9.17, 15) is 0 Å². The molecule has 2 aromatic rings. The van der Waals surface area contributed by atoms with Crippen molar-refractivity contribution in [2.24, 2.45) is 0 Å². The lowest BCUT2D eigenvalue weighted by Gasteiger charge is -2.10. The maximum Gasteiger partial charge on any atom is 0.156 e. The highest BCUT2D eigenvalue weighted by atomic mass is 35.5. The minimum Gasteiger partial charge on any atom is -0.493 e. The first-order valence-corrected chi connectivity index (χ1v) is 6.97. The summed E-state index contributed by atoms with van der Waals surface area (Å²) in [5.74, 6) is 1.26. The zero-order chi connectivity index (χ0) is 14.4. The fraction of sp³-hybridized carbons (Fsp3) is 0.200. The topological polar surface area (TPSA) is 44.5 Å². The van der Waals surface area contributed by atoms with Crippen LogP contribution in [0.5, 0.6) is 11.5 Å². The van der Waals surface area contributed by atoms with Crippen molar-refractivity contribution >= 4 is 28.9 Å². The van der Waals surface area contributed by atoms with Crippen molar-refractivity contribution in [3.63, 3.8) is 0 Å². The van der Waals surface area contributed by atoms with E-state index in [1.165, 1.54) is 0 Å². The van der Waals surface area contributed by atoms with Gasteiger partial charge in [-0.25, -0.2) is 0 Å². The number of hydrogen-bond acceptors (Lipinski definition) is 3. The summed E-state index contributed by atoms with van der Waals surface area (Å²) in [7, 11) is 0. The molecular weight excluding hydrogens is 297 g/mol. The van der Waals surface area contributed by atoms with Gasteiger partial charge in [0.05, 0.1) is 23.3 Å². The Morgan fingerprint density at radius 2 is 1.55 bits per heavy atom. The van der Waals surface area contributed by atoms with E-state index in [0.717, 1.165) is 12.2 Å². The monoisotopic (exact) mass is 311 g/mol. The molecule has 2 aromatic carbocycles. The molecule has 0 saturated carbocycles. The molecule has 0 spiro atoms. The van der Waals surface area contributed by atoms with E-state index in [4.69, 9.17) is 38.4 Å². The molecule has 0 aliphatic rings. The number of nitrogens with two attached hydrogens (primary N) is 1. The Hall–Kier alpha value is -1.58. The Morgan fingerprint density at radius 3 is 2.25 bits per heavy atom. The van der Waals surface area contributed by atoms with Crippen molar-refractivity contribution in [3.8, 4) is 11.5 Å². The lowest BCUT2D eigenvalue weighted by Crippen LogP contribution is -2.05. The van der Waals surface area contributed by atoms with Crippen molar-refractivity contribution in [3.05, 3.63) is 52.5 Å². The lowest BCUT2D eigenvalue weighted by molar-refractivity contribution is 0.247. The fourth-order valence-electron chi connectivity index (χ4n) is 1.65. The first-order valence-electron chi connectivity index (χ1n) is 6.22. The van der Waals surface area contributed by atoms with E-state index in [2.05, 4.69) is 0 Å². The van der Waals surface area contributed by atoms with Crippen molar-refractivity contribution in [2.45, 2.75) is 6.42 Å². The van der Waals surface area contributed by atoms with Crippen LogP contribution in [0.2, 0.25) is 10.0 Å². The number of anilines is 1. The molecule has 0 unspecified atom stereocenters. The first kappa shape index (κ1) is 14.8. The summed E-state index contributed by atoms with van der Waals surface area (Å²) in [5.41, 5.74) is 6.35. The predicted octanol–water partition coefficient (Wildman–Crippen LogP) is 4.42. The lowest BCUT2D eigenvalue weighted by atomic mass is 10.3. The van der Waals surface area contributed by atoms with Crippen molar-refractivity contribution in [1.29, 1.82) is 0 Å². The fourth-order valence-corrected chi connectivity index (χ4v) is 2.15. The van der Waals surface area contributed by atoms with Gasteiger partial charge in [0, 0.05) is 18.2 Å². The van der Waals surface area contributed by atoms with Crippen molar-refractivity contribution in [1.82, 2.24) is 0 Å². The molecule has 0 saturated heterocycles. The van der Waals surface area contributed by atoms with E-state index in [1.54, 1.807) is 24.3 Å². The smallest absolute Gasteiger partial charge is 0.156 e. The average Bonchev–Trinajstić information content (AvgIpc) is 2.41. The highest BCUT2D eigenvalue weighted by Gasteiger charge is 2.06. The normalized spacial score (nSPS) is 10.3. The van der Waals surface area contributed by atoms with Gasteiger partial charge in [-0.1, -0.05) is 35.3 Å². The Kier molecular flexibility index (Phi) is 5.39. The average molecular weight is 312 g/mol. The second-order valence-corrected chi connectivity index (χ2v) is 4.99. The summed E-state index contributed by atoms with van der Waals surface area (Å²) in [6.45, 7) is 1.01. The Morgan fingerprint density at radius 1 is 0.900 bits per heavy atom. The molecule has 20 heavy (non-hydrogen) atoms. The van der Waals surface area contributed by atoms with Gasteiger partial charge in [-0.15, -0.1) is 0 Å². The zero-order valence-corrected chi connectivity index (χ0v) is 12.3. The van der Waals surface area contributed by atoms with Gasteiger partial charge in [-0.3, -0.25) is 0 Å². The molecular formula is C15H15Cl2NO2. The third-order valence-electron chi connectivity index (χ3n) is 2.58. The van der Waals surface area contributed by atoms with Gasteiger partial charge in [0.25, 0.3) is 0 Å². The van der Waals surface area contributed by atoms with Gasteiger partial charge < -0.3 is 15.2 Å². The maximum absolute atomic E-state index is 6.00. The minimum atomic E-state index is 0.478. The molecule has 0 aliphatic heterocycles. The third-order valence-corrected chi connectivity index (χ3v) is 3.18. The molecule has 0 atom stereocenters. The van der Waals surface area contributed by atoms with Gasteiger partial charge in [0.15, 0.2) is 5.75 Å². The molecule has 0 heterocycles. The van der Waals surface area contributed by atoms with E-state index < -0.39 is 0 Å². The van der Waals surface area contributed by atoms with Crippen LogP contribution in [-0.4, -0.2) is 13.2 Å². The number of para-hydroxylation sites is 1. The number of halogens is 2. The summed E-state index contributed by atoms with van der Waals surface area (Å²) in [5, 5.41) is 1.02. The van der Waals surface area contributed by atoms with Crippen molar-refractivity contribution < 1.29 is 9.47 Å². The number of hydrogen-bond donors (Lipinski definition) is 1. The van der Waals surface area contributed by atoms with Crippen LogP contribution >= 0.6 is 23.2 Å². The number of benzene rings is 2. The summed E-state index contributed by atoms with van der Waals surface area (Å²) in [4.78, 5) is 0. The molecule has 0 aromatic heterocycles. The van der Waals surface area contributed by atoms with E-state index in [1.807, 2.05) is 18.2 Å². The molecule has 0 bridgehead atoms. The zero-order valence-electron chi connectivity index (χ0n) is 10.8.